The third-order valence-electron chi connectivity index (χ3n) is 1.35. The average molecular weight is 131 g/mol. The van der Waals surface area contributed by atoms with Crippen molar-refractivity contribution in [2.75, 3.05) is 7.11 Å². The molecule has 1 atom stereocenters. The van der Waals surface area contributed by atoms with Crippen molar-refractivity contribution in [3.63, 3.8) is 0 Å². The predicted molar refractivity (Wildman–Crippen MR) is 35.0 cm³/mol. The van der Waals surface area contributed by atoms with Crippen LogP contribution in [-0.4, -0.2) is 24.0 Å². The molecule has 0 bridgehead atoms. The topological polar surface area (TPSA) is 63.3 Å². The van der Waals surface area contributed by atoms with Crippen molar-refractivity contribution in [2.24, 2.45) is 5.73 Å². The fourth-order valence-corrected chi connectivity index (χ4v) is 0.843. The van der Waals surface area contributed by atoms with Gasteiger partial charge < -0.3 is 10.8 Å². The molecule has 3 nitrogen and oxygen atoms in total. The summed E-state index contributed by atoms with van der Waals surface area (Å²) in [6.07, 6.45) is 2.61. The maximum atomic E-state index is 10.4. The van der Waals surface area contributed by atoms with Crippen molar-refractivity contribution >= 4 is 5.78 Å². The first kappa shape index (κ1) is 8.59. The molecule has 9 heavy (non-hydrogen) atoms. The lowest BCUT2D eigenvalue weighted by Crippen LogP contribution is -2.23. The minimum absolute atomic E-state index is 0.125. The van der Waals surface area contributed by atoms with Gasteiger partial charge >= 0.3 is 0 Å². The summed E-state index contributed by atoms with van der Waals surface area (Å²) in [5.74, 6) is 0.236. The van der Waals surface area contributed by atoms with Crippen LogP contribution in [0.1, 0.15) is 19.3 Å². The van der Waals surface area contributed by atoms with Crippen LogP contribution in [0.5, 0.6) is 0 Å². The largest absolute Gasteiger partial charge is 0.400 e. The molecule has 3 heteroatoms. The van der Waals surface area contributed by atoms with Gasteiger partial charge in [-0.2, -0.15) is 0 Å². The molecule has 0 radical (unpaired) electrons. The van der Waals surface area contributed by atoms with E-state index in [1.807, 2.05) is 0 Å². The third kappa shape index (κ3) is 2.58. The lowest BCUT2D eigenvalue weighted by atomic mass is 10.3. The molecule has 1 rings (SSSR count). The molecule has 1 aliphatic rings. The second-order valence-corrected chi connectivity index (χ2v) is 1.97. The molecule has 0 aromatic heterocycles. The molecule has 1 fully saturated rings. The van der Waals surface area contributed by atoms with E-state index < -0.39 is 0 Å². The monoisotopic (exact) mass is 131 g/mol. The lowest BCUT2D eigenvalue weighted by molar-refractivity contribution is -0.118. The average Bonchev–Trinajstić information content (AvgIpc) is 2.23. The van der Waals surface area contributed by atoms with Gasteiger partial charge in [-0.1, -0.05) is 0 Å². The molecule has 3 N–H and O–H groups in total. The van der Waals surface area contributed by atoms with E-state index in [4.69, 9.17) is 10.8 Å². The number of Topliss-reactive ketones (excluding diaryl/α,β-unsaturated/α-hetero) is 1. The zero-order chi connectivity index (χ0) is 7.28. The van der Waals surface area contributed by atoms with Crippen molar-refractivity contribution in [3.05, 3.63) is 0 Å². The van der Waals surface area contributed by atoms with Crippen LogP contribution < -0.4 is 5.73 Å². The van der Waals surface area contributed by atoms with Gasteiger partial charge in [-0.05, 0) is 12.8 Å². The lowest BCUT2D eigenvalue weighted by Gasteiger charge is -1.92. The smallest absolute Gasteiger partial charge is 0.149 e. The number of aliphatic hydroxyl groups excluding tert-OH is 1. The second-order valence-electron chi connectivity index (χ2n) is 1.97. The summed E-state index contributed by atoms with van der Waals surface area (Å²) >= 11 is 0. The van der Waals surface area contributed by atoms with E-state index in [2.05, 4.69) is 0 Å². The van der Waals surface area contributed by atoms with E-state index in [1.165, 1.54) is 0 Å². The van der Waals surface area contributed by atoms with Crippen molar-refractivity contribution in [2.45, 2.75) is 25.3 Å². The van der Waals surface area contributed by atoms with Gasteiger partial charge in [0.15, 0.2) is 0 Å². The van der Waals surface area contributed by atoms with Crippen LogP contribution in [-0.2, 0) is 4.79 Å². The van der Waals surface area contributed by atoms with Gasteiger partial charge in [-0.25, -0.2) is 0 Å². The molecule has 1 aliphatic carbocycles. The first-order valence-corrected chi connectivity index (χ1v) is 3.04. The summed E-state index contributed by atoms with van der Waals surface area (Å²) < 4.78 is 0. The van der Waals surface area contributed by atoms with Gasteiger partial charge in [0.05, 0.1) is 6.04 Å². The zero-order valence-corrected chi connectivity index (χ0v) is 5.63. The number of carbonyl (C=O) groups excluding carboxylic acids is 1. The Hall–Kier alpha value is -0.410. The highest BCUT2D eigenvalue weighted by Gasteiger charge is 2.18. The van der Waals surface area contributed by atoms with E-state index in [1.54, 1.807) is 0 Å². The van der Waals surface area contributed by atoms with Crippen LogP contribution in [0.25, 0.3) is 0 Å². The molecule has 1 saturated carbocycles. The van der Waals surface area contributed by atoms with Crippen LogP contribution in [0.3, 0.4) is 0 Å². The Labute approximate surface area is 54.9 Å². The molecule has 0 amide bonds. The molecule has 54 valence electrons. The summed E-state index contributed by atoms with van der Waals surface area (Å²) in [6.45, 7) is 0. The van der Waals surface area contributed by atoms with Gasteiger partial charge in [0, 0.05) is 13.5 Å². The maximum Gasteiger partial charge on any atom is 0.149 e. The number of nitrogens with two attached hydrogens (primary N) is 1. The van der Waals surface area contributed by atoms with E-state index in [9.17, 15) is 4.79 Å². The quantitative estimate of drug-likeness (QED) is 0.473. The van der Waals surface area contributed by atoms with Gasteiger partial charge in [-0.3, -0.25) is 4.79 Å². The summed E-state index contributed by atoms with van der Waals surface area (Å²) in [5.41, 5.74) is 5.33. The Morgan fingerprint density at radius 2 is 2.22 bits per heavy atom. The van der Waals surface area contributed by atoms with Gasteiger partial charge in [-0.15, -0.1) is 0 Å². The van der Waals surface area contributed by atoms with Crippen LogP contribution >= 0.6 is 0 Å². The van der Waals surface area contributed by atoms with Crippen molar-refractivity contribution in [1.29, 1.82) is 0 Å². The highest BCUT2D eigenvalue weighted by atomic mass is 16.2. The van der Waals surface area contributed by atoms with Crippen molar-refractivity contribution < 1.29 is 9.90 Å². The Bertz CT molecular complexity index is 93.1. The molecule has 0 aliphatic heterocycles. The van der Waals surface area contributed by atoms with E-state index in [0.29, 0.717) is 6.42 Å². The van der Waals surface area contributed by atoms with E-state index >= 15 is 0 Å². The molecule has 1 unspecified atom stereocenters. The summed E-state index contributed by atoms with van der Waals surface area (Å²) in [4.78, 5) is 10.4. The van der Waals surface area contributed by atoms with Gasteiger partial charge in [0.25, 0.3) is 0 Å². The van der Waals surface area contributed by atoms with Crippen molar-refractivity contribution in [3.8, 4) is 0 Å². The highest BCUT2D eigenvalue weighted by Crippen LogP contribution is 2.10. The number of rotatable bonds is 0. The Morgan fingerprint density at radius 3 is 2.33 bits per heavy atom. The maximum absolute atomic E-state index is 10.4. The Kier molecular flexibility index (Phi) is 4.26. The molecule has 0 spiro atoms. The molecular formula is C6H13NO2. The fourth-order valence-electron chi connectivity index (χ4n) is 0.843. The van der Waals surface area contributed by atoms with E-state index in [0.717, 1.165) is 20.0 Å². The third-order valence-corrected chi connectivity index (χ3v) is 1.35. The first-order chi connectivity index (χ1) is 4.30. The first-order valence-electron chi connectivity index (χ1n) is 3.04. The summed E-state index contributed by atoms with van der Waals surface area (Å²) in [6, 6.07) is -0.125. The van der Waals surface area contributed by atoms with Gasteiger partial charge in [0.2, 0.25) is 0 Å². The van der Waals surface area contributed by atoms with Crippen LogP contribution in [0.2, 0.25) is 0 Å². The molecule has 0 saturated heterocycles. The van der Waals surface area contributed by atoms with Crippen LogP contribution in [0.15, 0.2) is 0 Å². The normalized spacial score (nSPS) is 25.2. The number of ketones is 1. The SMILES string of the molecule is CO.NC1CCCC1=O. The predicted octanol–water partition coefficient (Wildman–Crippen LogP) is -0.325. The van der Waals surface area contributed by atoms with Crippen molar-refractivity contribution in [1.82, 2.24) is 0 Å². The number of aliphatic hydroxyl groups is 1. The van der Waals surface area contributed by atoms with Crippen LogP contribution in [0.4, 0.5) is 0 Å². The number of hydrogen-bond donors (Lipinski definition) is 2. The Morgan fingerprint density at radius 1 is 1.67 bits per heavy atom. The number of hydrogen-bond acceptors (Lipinski definition) is 3. The minimum Gasteiger partial charge on any atom is -0.400 e. The summed E-state index contributed by atoms with van der Waals surface area (Å²) in [5, 5.41) is 7.00. The second kappa shape index (κ2) is 4.47. The number of carbonyl (C=O) groups is 1. The van der Waals surface area contributed by atoms with Gasteiger partial charge in [0.1, 0.15) is 5.78 Å². The fraction of sp³-hybridized carbons (Fsp3) is 0.833. The molecule has 0 aromatic rings. The molecule has 0 heterocycles. The highest BCUT2D eigenvalue weighted by molar-refractivity contribution is 5.85. The minimum atomic E-state index is -0.125. The van der Waals surface area contributed by atoms with E-state index in [-0.39, 0.29) is 11.8 Å². The molecular weight excluding hydrogens is 118 g/mol. The molecule has 0 aromatic carbocycles. The standard InChI is InChI=1S/C5H9NO.CH4O/c6-4-2-1-3-5(4)7;1-2/h4H,1-3,6H2;2H,1H3. The Balaban J connectivity index is 0.000000291. The summed E-state index contributed by atoms with van der Waals surface area (Å²) in [7, 11) is 1.00. The zero-order valence-electron chi connectivity index (χ0n) is 5.63. The van der Waals surface area contributed by atoms with Crippen LogP contribution in [0, 0.1) is 0 Å².